The molecule has 0 bridgehead atoms. The smallest absolute Gasteiger partial charge is 0.343 e. The van der Waals surface area contributed by atoms with Crippen LogP contribution in [0.2, 0.25) is 5.02 Å². The second-order valence-electron chi connectivity index (χ2n) is 11.9. The van der Waals surface area contributed by atoms with Gasteiger partial charge in [0.2, 0.25) is 5.91 Å². The number of hydrogen-bond donors (Lipinski definition) is 1. The van der Waals surface area contributed by atoms with Crippen molar-refractivity contribution in [2.45, 2.75) is 39.4 Å². The Balaban J connectivity index is 1.73. The first-order chi connectivity index (χ1) is 23.3. The number of nitrogens with zero attached hydrogens (tertiary/aromatic N) is 1. The van der Waals surface area contributed by atoms with Gasteiger partial charge in [0.1, 0.15) is 23.8 Å². The number of ether oxygens (including phenoxy) is 6. The predicted octanol–water partition coefficient (Wildman–Crippen LogP) is 5.49. The lowest BCUT2D eigenvalue weighted by atomic mass is 9.92. The number of carbonyl (C=O) groups excluding carboxylic acids is 4. The summed E-state index contributed by atoms with van der Waals surface area (Å²) in [5.74, 6) is -2.45. The molecule has 0 spiro atoms. The summed E-state index contributed by atoms with van der Waals surface area (Å²) in [7, 11) is 4.15. The molecule has 0 aliphatic carbocycles. The molecule has 0 fully saturated rings. The molecule has 4 rings (SSSR count). The normalized spacial score (nSPS) is 15.8. The van der Waals surface area contributed by atoms with Crippen LogP contribution in [-0.4, -0.2) is 70.9 Å². The summed E-state index contributed by atoms with van der Waals surface area (Å²) < 4.78 is 47.7. The van der Waals surface area contributed by atoms with Crippen molar-refractivity contribution >= 4 is 46.7 Å². The van der Waals surface area contributed by atoms with Gasteiger partial charge in [-0.05, 0) is 36.4 Å². The predicted molar refractivity (Wildman–Crippen MR) is 178 cm³/mol. The summed E-state index contributed by atoms with van der Waals surface area (Å²) in [4.78, 5) is 52.3. The molecule has 0 radical (unpaired) electrons. The van der Waals surface area contributed by atoms with E-state index in [1.54, 1.807) is 36.4 Å². The highest BCUT2D eigenvalue weighted by molar-refractivity contribution is 6.30. The highest BCUT2D eigenvalue weighted by Gasteiger charge is 2.41. The fourth-order valence-electron chi connectivity index (χ4n) is 5.26. The van der Waals surface area contributed by atoms with Gasteiger partial charge in [-0.3, -0.25) is 14.4 Å². The molecular weight excluding hydrogens is 663 g/mol. The lowest BCUT2D eigenvalue weighted by Gasteiger charge is -2.33. The summed E-state index contributed by atoms with van der Waals surface area (Å²) >= 11 is 6.49. The molecule has 0 saturated heterocycles. The number of carbonyl (C=O) groups is 4. The third-order valence-corrected chi connectivity index (χ3v) is 7.78. The fraction of sp³-hybridized carbons (Fsp3) is 0.371. The summed E-state index contributed by atoms with van der Waals surface area (Å²) in [6, 6.07) is 13.8. The SMILES string of the molecule is COC(=O)COc1ccc(NC(=O)CC2OC(c3cccc(OC)c3OC)c3cc(Cl)ccc3N(CC(C)(C)COC(C)=O)C2=O)c(F)c1. The molecule has 2 amide bonds. The van der Waals surface area contributed by atoms with Gasteiger partial charge in [-0.2, -0.15) is 0 Å². The monoisotopic (exact) mass is 700 g/mol. The molecule has 0 saturated carbocycles. The second-order valence-corrected chi connectivity index (χ2v) is 12.4. The average Bonchev–Trinajstić information content (AvgIpc) is 3.17. The van der Waals surface area contributed by atoms with Crippen molar-refractivity contribution in [3.05, 3.63) is 76.6 Å². The molecule has 3 aromatic carbocycles. The number of esters is 2. The van der Waals surface area contributed by atoms with Crippen molar-refractivity contribution < 1.29 is 52.0 Å². The Labute approximate surface area is 288 Å². The minimum absolute atomic E-state index is 0.00674. The summed E-state index contributed by atoms with van der Waals surface area (Å²) in [5.41, 5.74) is 0.540. The maximum Gasteiger partial charge on any atom is 0.343 e. The topological polar surface area (TPSA) is 139 Å². The largest absolute Gasteiger partial charge is 0.493 e. The standard InChI is InChI=1S/C35H38ClFN2O10/c1-20(40)48-19-35(2,3)18-39-27-13-10-21(36)14-24(27)32(23-8-7-9-28(44-4)33(23)46-6)49-29(34(39)43)16-30(41)38-26-12-11-22(15-25(26)37)47-17-31(42)45-5/h7-15,29,32H,16-19H2,1-6H3,(H,38,41). The minimum Gasteiger partial charge on any atom is -0.493 e. The first-order valence-corrected chi connectivity index (χ1v) is 15.5. The van der Waals surface area contributed by atoms with Gasteiger partial charge in [0.25, 0.3) is 5.91 Å². The van der Waals surface area contributed by atoms with Crippen LogP contribution in [0.15, 0.2) is 54.6 Å². The Hall–Kier alpha value is -4.88. The molecule has 12 nitrogen and oxygen atoms in total. The van der Waals surface area contributed by atoms with Crippen LogP contribution in [0.1, 0.15) is 44.4 Å². The second kappa shape index (κ2) is 16.0. The highest BCUT2D eigenvalue weighted by Crippen LogP contribution is 2.45. The number of hydrogen-bond acceptors (Lipinski definition) is 10. The molecule has 2 atom stereocenters. The molecule has 3 aromatic rings. The lowest BCUT2D eigenvalue weighted by Crippen LogP contribution is -2.46. The van der Waals surface area contributed by atoms with Crippen molar-refractivity contribution in [2.24, 2.45) is 5.41 Å². The zero-order chi connectivity index (χ0) is 35.9. The molecule has 1 heterocycles. The summed E-state index contributed by atoms with van der Waals surface area (Å²) in [6.07, 6.45) is -2.88. The number of methoxy groups -OCH3 is 3. The van der Waals surface area contributed by atoms with Crippen molar-refractivity contribution in [3.8, 4) is 17.2 Å². The van der Waals surface area contributed by atoms with Crippen LogP contribution < -0.4 is 24.4 Å². The average molecular weight is 701 g/mol. The molecule has 1 aliphatic heterocycles. The van der Waals surface area contributed by atoms with Gasteiger partial charge in [-0.25, -0.2) is 9.18 Å². The fourth-order valence-corrected chi connectivity index (χ4v) is 5.44. The molecule has 262 valence electrons. The third kappa shape index (κ3) is 9.18. The van der Waals surface area contributed by atoms with E-state index in [2.05, 4.69) is 10.1 Å². The maximum atomic E-state index is 15.0. The zero-order valence-corrected chi connectivity index (χ0v) is 28.7. The Morgan fingerprint density at radius 1 is 1.02 bits per heavy atom. The van der Waals surface area contributed by atoms with Gasteiger partial charge in [0.15, 0.2) is 18.1 Å². The van der Waals surface area contributed by atoms with Crippen LogP contribution in [-0.2, 0) is 33.4 Å². The molecule has 1 aliphatic rings. The number of halogens is 2. The van der Waals surface area contributed by atoms with Crippen LogP contribution in [0, 0.1) is 11.2 Å². The van der Waals surface area contributed by atoms with Crippen molar-refractivity contribution in [3.63, 3.8) is 0 Å². The van der Waals surface area contributed by atoms with E-state index in [9.17, 15) is 23.6 Å². The molecular formula is C35H38ClFN2O10. The van der Waals surface area contributed by atoms with Crippen molar-refractivity contribution in [1.82, 2.24) is 0 Å². The number of fused-ring (bicyclic) bond motifs is 1. The van der Waals surface area contributed by atoms with Crippen LogP contribution in [0.3, 0.4) is 0 Å². The molecule has 2 unspecified atom stereocenters. The van der Waals surface area contributed by atoms with E-state index < -0.39 is 60.2 Å². The number of amides is 2. The van der Waals surface area contributed by atoms with E-state index >= 15 is 0 Å². The number of rotatable bonds is 13. The van der Waals surface area contributed by atoms with E-state index in [0.29, 0.717) is 33.3 Å². The maximum absolute atomic E-state index is 15.0. The minimum atomic E-state index is -1.39. The quantitative estimate of drug-likeness (QED) is 0.228. The van der Waals surface area contributed by atoms with E-state index in [1.165, 1.54) is 45.3 Å². The van der Waals surface area contributed by atoms with Gasteiger partial charge in [-0.1, -0.05) is 37.6 Å². The molecule has 0 aromatic heterocycles. The summed E-state index contributed by atoms with van der Waals surface area (Å²) in [5, 5.41) is 2.86. The Morgan fingerprint density at radius 2 is 1.78 bits per heavy atom. The van der Waals surface area contributed by atoms with Crippen LogP contribution in [0.4, 0.5) is 15.8 Å². The van der Waals surface area contributed by atoms with Gasteiger partial charge in [-0.15, -0.1) is 0 Å². The van der Waals surface area contributed by atoms with Crippen LogP contribution in [0.5, 0.6) is 17.2 Å². The number of anilines is 2. The Morgan fingerprint density at radius 3 is 2.43 bits per heavy atom. The Bertz CT molecular complexity index is 1720. The highest BCUT2D eigenvalue weighted by atomic mass is 35.5. The molecule has 14 heteroatoms. The first-order valence-electron chi connectivity index (χ1n) is 15.2. The van der Waals surface area contributed by atoms with E-state index in [-0.39, 0.29) is 24.6 Å². The van der Waals surface area contributed by atoms with Crippen LogP contribution >= 0.6 is 11.6 Å². The number of para-hydroxylation sites is 1. The first kappa shape index (κ1) is 36.9. The molecule has 1 N–H and O–H groups in total. The van der Waals surface area contributed by atoms with E-state index in [0.717, 1.165) is 6.07 Å². The summed E-state index contributed by atoms with van der Waals surface area (Å²) in [6.45, 7) is 4.60. The Kier molecular flexibility index (Phi) is 12.1. The van der Waals surface area contributed by atoms with E-state index in [4.69, 9.17) is 35.3 Å². The van der Waals surface area contributed by atoms with Gasteiger partial charge in [0, 0.05) is 46.8 Å². The molecule has 49 heavy (non-hydrogen) atoms. The third-order valence-electron chi connectivity index (χ3n) is 7.54. The van der Waals surface area contributed by atoms with Gasteiger partial charge >= 0.3 is 11.9 Å². The van der Waals surface area contributed by atoms with Crippen molar-refractivity contribution in [1.29, 1.82) is 0 Å². The van der Waals surface area contributed by atoms with Crippen LogP contribution in [0.25, 0.3) is 0 Å². The number of benzene rings is 3. The van der Waals surface area contributed by atoms with Gasteiger partial charge < -0.3 is 38.6 Å². The van der Waals surface area contributed by atoms with E-state index in [1.807, 2.05) is 13.8 Å². The number of nitrogens with one attached hydrogen (secondary N) is 1. The van der Waals surface area contributed by atoms with Gasteiger partial charge in [0.05, 0.1) is 40.0 Å². The lowest BCUT2D eigenvalue weighted by molar-refractivity contribution is -0.144. The van der Waals surface area contributed by atoms with Crippen molar-refractivity contribution in [2.75, 3.05) is 51.3 Å². The zero-order valence-electron chi connectivity index (χ0n) is 28.0.